The van der Waals surface area contributed by atoms with Crippen molar-refractivity contribution in [1.82, 2.24) is 0 Å². The topological polar surface area (TPSA) is 29.5 Å². The summed E-state index contributed by atoms with van der Waals surface area (Å²) < 4.78 is 6.09. The zero-order chi connectivity index (χ0) is 14.8. The Morgan fingerprint density at radius 3 is 2.71 bits per heavy atom. The molecular formula is C18H19BrO2. The Hall–Kier alpha value is -1.32. The second-order valence-electron chi connectivity index (χ2n) is 5.57. The van der Waals surface area contributed by atoms with Crippen LogP contribution in [0.3, 0.4) is 0 Å². The smallest absolute Gasteiger partial charge is 0.133 e. The summed E-state index contributed by atoms with van der Waals surface area (Å²) in [6.45, 7) is 0. The fraction of sp³-hybridized carbons (Fsp3) is 0.333. The van der Waals surface area contributed by atoms with Gasteiger partial charge in [-0.05, 0) is 69.6 Å². The maximum absolute atomic E-state index is 10.4. The number of benzene rings is 2. The highest BCUT2D eigenvalue weighted by atomic mass is 79.9. The first kappa shape index (κ1) is 14.6. The monoisotopic (exact) mass is 346 g/mol. The summed E-state index contributed by atoms with van der Waals surface area (Å²) in [6, 6.07) is 12.3. The number of aliphatic hydroxyl groups excluding tert-OH is 1. The maximum atomic E-state index is 10.4. The van der Waals surface area contributed by atoms with E-state index in [0.717, 1.165) is 15.8 Å². The molecule has 2 nitrogen and oxygen atoms in total. The van der Waals surface area contributed by atoms with Gasteiger partial charge in [-0.2, -0.15) is 0 Å². The van der Waals surface area contributed by atoms with Gasteiger partial charge in [0.1, 0.15) is 5.75 Å². The molecular weight excluding hydrogens is 328 g/mol. The molecule has 21 heavy (non-hydrogen) atoms. The summed E-state index contributed by atoms with van der Waals surface area (Å²) >= 11 is 3.47. The van der Waals surface area contributed by atoms with Crippen LogP contribution in [-0.4, -0.2) is 12.2 Å². The van der Waals surface area contributed by atoms with Crippen molar-refractivity contribution in [3.8, 4) is 5.75 Å². The molecule has 0 aliphatic heterocycles. The van der Waals surface area contributed by atoms with Gasteiger partial charge in [-0.1, -0.05) is 24.3 Å². The molecule has 0 fully saturated rings. The number of aryl methyl sites for hydroxylation is 2. The van der Waals surface area contributed by atoms with Crippen LogP contribution in [0.5, 0.6) is 5.75 Å². The molecule has 0 spiro atoms. The van der Waals surface area contributed by atoms with Crippen LogP contribution in [0.4, 0.5) is 0 Å². The van der Waals surface area contributed by atoms with Crippen molar-refractivity contribution in [3.63, 3.8) is 0 Å². The van der Waals surface area contributed by atoms with Gasteiger partial charge in [0.15, 0.2) is 0 Å². The van der Waals surface area contributed by atoms with E-state index in [-0.39, 0.29) is 0 Å². The Kier molecular flexibility index (Phi) is 4.32. The number of hydrogen-bond acceptors (Lipinski definition) is 2. The van der Waals surface area contributed by atoms with Crippen molar-refractivity contribution >= 4 is 15.9 Å². The fourth-order valence-electron chi connectivity index (χ4n) is 2.98. The molecule has 110 valence electrons. The van der Waals surface area contributed by atoms with E-state index in [4.69, 9.17) is 4.74 Å². The maximum Gasteiger partial charge on any atom is 0.133 e. The summed E-state index contributed by atoms with van der Waals surface area (Å²) in [5.74, 6) is 0.781. The van der Waals surface area contributed by atoms with Crippen LogP contribution in [0.25, 0.3) is 0 Å². The highest BCUT2D eigenvalue weighted by Gasteiger charge is 2.14. The molecule has 3 rings (SSSR count). The van der Waals surface area contributed by atoms with E-state index in [2.05, 4.69) is 34.1 Å². The Bertz CT molecular complexity index is 652. The molecule has 0 amide bonds. The second kappa shape index (κ2) is 6.20. The van der Waals surface area contributed by atoms with E-state index in [1.807, 2.05) is 18.2 Å². The number of aliphatic hydroxyl groups is 1. The molecule has 0 heterocycles. The van der Waals surface area contributed by atoms with Crippen molar-refractivity contribution in [2.45, 2.75) is 31.8 Å². The van der Waals surface area contributed by atoms with Gasteiger partial charge < -0.3 is 9.84 Å². The van der Waals surface area contributed by atoms with Gasteiger partial charge in [-0.15, -0.1) is 0 Å². The van der Waals surface area contributed by atoms with E-state index in [1.54, 1.807) is 7.11 Å². The molecule has 2 aromatic rings. The van der Waals surface area contributed by atoms with Crippen molar-refractivity contribution < 1.29 is 9.84 Å². The molecule has 1 unspecified atom stereocenters. The first-order valence-electron chi connectivity index (χ1n) is 7.29. The average Bonchev–Trinajstić information content (AvgIpc) is 2.94. The largest absolute Gasteiger partial charge is 0.496 e. The number of ether oxygens (including phenoxy) is 1. The second-order valence-corrected chi connectivity index (χ2v) is 6.42. The first-order chi connectivity index (χ1) is 10.2. The summed E-state index contributed by atoms with van der Waals surface area (Å²) in [4.78, 5) is 0. The molecule has 2 aromatic carbocycles. The van der Waals surface area contributed by atoms with E-state index >= 15 is 0 Å². The molecule has 1 aliphatic rings. The SMILES string of the molecule is COc1ccc(C(O)Cc2ccc3c(c2)CCC3)cc1Br. The Morgan fingerprint density at radius 2 is 1.95 bits per heavy atom. The van der Waals surface area contributed by atoms with Crippen LogP contribution in [0.1, 0.15) is 34.8 Å². The third-order valence-electron chi connectivity index (χ3n) is 4.15. The van der Waals surface area contributed by atoms with Gasteiger partial charge >= 0.3 is 0 Å². The molecule has 1 N–H and O–H groups in total. The number of methoxy groups -OCH3 is 1. The molecule has 3 heteroatoms. The molecule has 0 radical (unpaired) electrons. The summed E-state index contributed by atoms with van der Waals surface area (Å²) in [5, 5.41) is 10.4. The van der Waals surface area contributed by atoms with Gasteiger partial charge in [0, 0.05) is 6.42 Å². The normalized spacial score (nSPS) is 14.8. The highest BCUT2D eigenvalue weighted by molar-refractivity contribution is 9.10. The van der Waals surface area contributed by atoms with Crippen LogP contribution >= 0.6 is 15.9 Å². The van der Waals surface area contributed by atoms with Crippen LogP contribution in [0.2, 0.25) is 0 Å². The fourth-order valence-corrected chi connectivity index (χ4v) is 3.54. The number of rotatable bonds is 4. The lowest BCUT2D eigenvalue weighted by molar-refractivity contribution is 0.178. The predicted octanol–water partition coefficient (Wildman–Crippen LogP) is 4.22. The van der Waals surface area contributed by atoms with Crippen LogP contribution in [0, 0.1) is 0 Å². The third-order valence-corrected chi connectivity index (χ3v) is 4.77. The molecule has 0 aromatic heterocycles. The van der Waals surface area contributed by atoms with E-state index in [0.29, 0.717) is 6.42 Å². The predicted molar refractivity (Wildman–Crippen MR) is 87.8 cm³/mol. The molecule has 1 aliphatic carbocycles. The van der Waals surface area contributed by atoms with Gasteiger partial charge in [0.25, 0.3) is 0 Å². The minimum Gasteiger partial charge on any atom is -0.496 e. The van der Waals surface area contributed by atoms with Crippen LogP contribution in [0.15, 0.2) is 40.9 Å². The zero-order valence-corrected chi connectivity index (χ0v) is 13.7. The van der Waals surface area contributed by atoms with Crippen molar-refractivity contribution in [3.05, 3.63) is 63.1 Å². The lowest BCUT2D eigenvalue weighted by Gasteiger charge is -2.14. The van der Waals surface area contributed by atoms with E-state index in [9.17, 15) is 5.11 Å². The summed E-state index contributed by atoms with van der Waals surface area (Å²) in [5.41, 5.74) is 5.04. The summed E-state index contributed by atoms with van der Waals surface area (Å²) in [6.07, 6.45) is 3.78. The quantitative estimate of drug-likeness (QED) is 0.897. The van der Waals surface area contributed by atoms with E-state index in [1.165, 1.54) is 36.0 Å². The van der Waals surface area contributed by atoms with Crippen molar-refractivity contribution in [2.75, 3.05) is 7.11 Å². The number of halogens is 1. The zero-order valence-electron chi connectivity index (χ0n) is 12.1. The van der Waals surface area contributed by atoms with Gasteiger partial charge in [-0.25, -0.2) is 0 Å². The standard InChI is InChI=1S/C18H19BrO2/c1-21-18-8-7-15(11-16(18)19)17(20)10-12-5-6-13-3-2-4-14(13)9-12/h5-9,11,17,20H,2-4,10H2,1H3. The van der Waals surface area contributed by atoms with Gasteiger partial charge in [0.2, 0.25) is 0 Å². The van der Waals surface area contributed by atoms with Crippen molar-refractivity contribution in [2.24, 2.45) is 0 Å². The van der Waals surface area contributed by atoms with Crippen molar-refractivity contribution in [1.29, 1.82) is 0 Å². The third kappa shape index (κ3) is 3.14. The Balaban J connectivity index is 1.76. The first-order valence-corrected chi connectivity index (χ1v) is 8.09. The van der Waals surface area contributed by atoms with Crippen LogP contribution < -0.4 is 4.74 Å². The molecule has 0 saturated heterocycles. The summed E-state index contributed by atoms with van der Waals surface area (Å²) in [7, 11) is 1.64. The molecule has 1 atom stereocenters. The number of hydrogen-bond donors (Lipinski definition) is 1. The highest BCUT2D eigenvalue weighted by Crippen LogP contribution is 2.30. The van der Waals surface area contributed by atoms with E-state index < -0.39 is 6.10 Å². The van der Waals surface area contributed by atoms with Crippen LogP contribution in [-0.2, 0) is 19.3 Å². The molecule has 0 bridgehead atoms. The lowest BCUT2D eigenvalue weighted by Crippen LogP contribution is -2.03. The number of fused-ring (bicyclic) bond motifs is 1. The molecule has 0 saturated carbocycles. The van der Waals surface area contributed by atoms with Gasteiger partial charge in [-0.3, -0.25) is 0 Å². The minimum atomic E-state index is -0.494. The average molecular weight is 347 g/mol. The Labute approximate surface area is 133 Å². The lowest BCUT2D eigenvalue weighted by atomic mass is 9.98. The van der Waals surface area contributed by atoms with Gasteiger partial charge in [0.05, 0.1) is 17.7 Å². The Morgan fingerprint density at radius 1 is 1.14 bits per heavy atom. The minimum absolute atomic E-state index is 0.494.